The Morgan fingerprint density at radius 1 is 1.26 bits per heavy atom. The molecule has 4 rings (SSSR count). The van der Waals surface area contributed by atoms with E-state index in [9.17, 15) is 4.79 Å². The minimum atomic E-state index is -0.00873. The zero-order valence-electron chi connectivity index (χ0n) is 14.9. The summed E-state index contributed by atoms with van der Waals surface area (Å²) < 4.78 is 5.43. The maximum absolute atomic E-state index is 12.6. The van der Waals surface area contributed by atoms with E-state index in [-0.39, 0.29) is 11.2 Å². The van der Waals surface area contributed by atoms with Gasteiger partial charge < -0.3 is 14.5 Å². The first kappa shape index (κ1) is 18.2. The molecule has 27 heavy (non-hydrogen) atoms. The van der Waals surface area contributed by atoms with Crippen LogP contribution < -0.4 is 4.90 Å². The van der Waals surface area contributed by atoms with Gasteiger partial charge >= 0.3 is 0 Å². The molecule has 0 unspecified atom stereocenters. The number of halogens is 1. The third-order valence-electron chi connectivity index (χ3n) is 4.47. The average Bonchev–Trinajstić information content (AvgIpc) is 3.10. The second-order valence-corrected chi connectivity index (χ2v) is 7.83. The van der Waals surface area contributed by atoms with Crippen molar-refractivity contribution in [3.63, 3.8) is 0 Å². The number of nitrogens with zero attached hydrogens (tertiary/aromatic N) is 4. The fourth-order valence-corrected chi connectivity index (χ4v) is 4.42. The fraction of sp³-hybridized carbons (Fsp3) is 0.316. The van der Waals surface area contributed by atoms with Crippen LogP contribution in [0.5, 0.6) is 0 Å². The highest BCUT2D eigenvalue weighted by atomic mass is 35.5. The number of ether oxygens (including phenoxy) is 1. The SMILES string of the molecule is CN(Cc1cc2c(N3CCOCC3)nc(Cl)nc2s1)C(=O)c1ccccc1. The van der Waals surface area contributed by atoms with Crippen LogP contribution in [0.2, 0.25) is 5.28 Å². The molecular formula is C19H19ClN4O2S. The molecule has 1 amide bonds. The lowest BCUT2D eigenvalue weighted by Gasteiger charge is -2.28. The smallest absolute Gasteiger partial charge is 0.253 e. The van der Waals surface area contributed by atoms with E-state index in [1.165, 1.54) is 0 Å². The molecule has 8 heteroatoms. The van der Waals surface area contributed by atoms with Gasteiger partial charge in [-0.05, 0) is 29.8 Å². The number of thiophene rings is 1. The molecule has 3 heterocycles. The number of anilines is 1. The number of carbonyl (C=O) groups excluding carboxylic acids is 1. The predicted molar refractivity (Wildman–Crippen MR) is 108 cm³/mol. The van der Waals surface area contributed by atoms with Crippen LogP contribution in [0.3, 0.4) is 0 Å². The molecule has 1 saturated heterocycles. The number of fused-ring (bicyclic) bond motifs is 1. The lowest BCUT2D eigenvalue weighted by atomic mass is 10.2. The van der Waals surface area contributed by atoms with Gasteiger partial charge in [0.25, 0.3) is 5.91 Å². The molecule has 0 radical (unpaired) electrons. The van der Waals surface area contributed by atoms with Gasteiger partial charge in [-0.25, -0.2) is 4.98 Å². The number of aromatic nitrogens is 2. The lowest BCUT2D eigenvalue weighted by molar-refractivity contribution is 0.0786. The standard InChI is InChI=1S/C19H19ClN4O2S/c1-23(18(25)13-5-3-2-4-6-13)12-14-11-15-16(24-7-9-26-10-8-24)21-19(20)22-17(15)27-14/h2-6,11H,7-10,12H2,1H3. The fourth-order valence-electron chi connectivity index (χ4n) is 3.13. The van der Waals surface area contributed by atoms with Crippen molar-refractivity contribution in [3.05, 3.63) is 52.1 Å². The van der Waals surface area contributed by atoms with Crippen LogP contribution in [0.15, 0.2) is 36.4 Å². The number of hydrogen-bond acceptors (Lipinski definition) is 6. The van der Waals surface area contributed by atoms with Crippen molar-refractivity contribution < 1.29 is 9.53 Å². The van der Waals surface area contributed by atoms with E-state index in [0.29, 0.717) is 25.3 Å². The molecule has 3 aromatic rings. The highest BCUT2D eigenvalue weighted by Gasteiger charge is 2.20. The Balaban J connectivity index is 1.60. The molecule has 0 atom stereocenters. The van der Waals surface area contributed by atoms with Gasteiger partial charge in [0, 0.05) is 30.6 Å². The summed E-state index contributed by atoms with van der Waals surface area (Å²) >= 11 is 7.69. The predicted octanol–water partition coefficient (Wildman–Crippen LogP) is 3.45. The molecule has 2 aromatic heterocycles. The normalized spacial score (nSPS) is 14.5. The van der Waals surface area contributed by atoms with E-state index in [1.807, 2.05) is 30.3 Å². The molecule has 0 N–H and O–H groups in total. The van der Waals surface area contributed by atoms with Gasteiger partial charge in [-0.15, -0.1) is 11.3 Å². The first-order valence-electron chi connectivity index (χ1n) is 8.71. The Morgan fingerprint density at radius 2 is 2.00 bits per heavy atom. The van der Waals surface area contributed by atoms with Gasteiger partial charge in [-0.1, -0.05) is 18.2 Å². The van der Waals surface area contributed by atoms with Crippen LogP contribution >= 0.6 is 22.9 Å². The van der Waals surface area contributed by atoms with Crippen LogP contribution in [0, 0.1) is 0 Å². The second-order valence-electron chi connectivity index (χ2n) is 6.37. The molecule has 6 nitrogen and oxygen atoms in total. The third kappa shape index (κ3) is 3.90. The van der Waals surface area contributed by atoms with Crippen LogP contribution in [0.25, 0.3) is 10.2 Å². The van der Waals surface area contributed by atoms with E-state index in [2.05, 4.69) is 20.9 Å². The van der Waals surface area contributed by atoms with Gasteiger partial charge in [-0.2, -0.15) is 4.98 Å². The van der Waals surface area contributed by atoms with Crippen molar-refractivity contribution >= 4 is 44.9 Å². The summed E-state index contributed by atoms with van der Waals surface area (Å²) in [5, 5.41) is 1.22. The number of benzene rings is 1. The number of amides is 1. The van der Waals surface area contributed by atoms with Crippen molar-refractivity contribution in [1.82, 2.24) is 14.9 Å². The number of hydrogen-bond donors (Lipinski definition) is 0. The molecule has 1 aliphatic heterocycles. The first-order valence-corrected chi connectivity index (χ1v) is 9.90. The molecule has 0 saturated carbocycles. The first-order chi connectivity index (χ1) is 13.1. The molecule has 1 aromatic carbocycles. The minimum absolute atomic E-state index is 0.00873. The molecule has 1 fully saturated rings. The van der Waals surface area contributed by atoms with Gasteiger partial charge in [0.2, 0.25) is 5.28 Å². The van der Waals surface area contributed by atoms with E-state index >= 15 is 0 Å². The molecular weight excluding hydrogens is 384 g/mol. The van der Waals surface area contributed by atoms with Gasteiger partial charge in [-0.3, -0.25) is 4.79 Å². The van der Waals surface area contributed by atoms with E-state index < -0.39 is 0 Å². The summed E-state index contributed by atoms with van der Waals surface area (Å²) in [5.74, 6) is 0.832. The van der Waals surface area contributed by atoms with Crippen molar-refractivity contribution in [3.8, 4) is 0 Å². The molecule has 0 spiro atoms. The van der Waals surface area contributed by atoms with Crippen LogP contribution in [-0.4, -0.2) is 54.1 Å². The van der Waals surface area contributed by atoms with E-state index in [0.717, 1.165) is 34.0 Å². The highest BCUT2D eigenvalue weighted by Crippen LogP contribution is 2.33. The summed E-state index contributed by atoms with van der Waals surface area (Å²) in [7, 11) is 1.81. The minimum Gasteiger partial charge on any atom is -0.378 e. The number of rotatable bonds is 4. The van der Waals surface area contributed by atoms with Gasteiger partial charge in [0.05, 0.1) is 25.1 Å². The Kier molecular flexibility index (Phi) is 5.24. The largest absolute Gasteiger partial charge is 0.378 e. The number of morpholine rings is 1. The summed E-state index contributed by atoms with van der Waals surface area (Å²) in [4.78, 5) is 27.2. The highest BCUT2D eigenvalue weighted by molar-refractivity contribution is 7.18. The van der Waals surface area contributed by atoms with Crippen LogP contribution in [-0.2, 0) is 11.3 Å². The Bertz CT molecular complexity index is 957. The third-order valence-corrected chi connectivity index (χ3v) is 5.65. The Hall–Kier alpha value is -2.22. The van der Waals surface area contributed by atoms with Gasteiger partial charge in [0.1, 0.15) is 10.6 Å². The average molecular weight is 403 g/mol. The maximum atomic E-state index is 12.6. The van der Waals surface area contributed by atoms with Crippen LogP contribution in [0.1, 0.15) is 15.2 Å². The maximum Gasteiger partial charge on any atom is 0.253 e. The van der Waals surface area contributed by atoms with E-state index in [1.54, 1.807) is 23.3 Å². The van der Waals surface area contributed by atoms with E-state index in [4.69, 9.17) is 16.3 Å². The zero-order valence-corrected chi connectivity index (χ0v) is 16.5. The quantitative estimate of drug-likeness (QED) is 0.625. The Morgan fingerprint density at radius 3 is 2.74 bits per heavy atom. The summed E-state index contributed by atoms with van der Waals surface area (Å²) in [6, 6.07) is 11.4. The van der Waals surface area contributed by atoms with Gasteiger partial charge in [0.15, 0.2) is 0 Å². The summed E-state index contributed by atoms with van der Waals surface area (Å²) in [6.45, 7) is 3.41. The monoisotopic (exact) mass is 402 g/mol. The number of carbonyl (C=O) groups is 1. The molecule has 140 valence electrons. The zero-order chi connectivity index (χ0) is 18.8. The van der Waals surface area contributed by atoms with Crippen molar-refractivity contribution in [1.29, 1.82) is 0 Å². The van der Waals surface area contributed by atoms with Crippen molar-refractivity contribution in [2.75, 3.05) is 38.3 Å². The molecule has 1 aliphatic rings. The second kappa shape index (κ2) is 7.80. The topological polar surface area (TPSA) is 58.6 Å². The Labute approximate surface area is 166 Å². The summed E-state index contributed by atoms with van der Waals surface area (Å²) in [6.07, 6.45) is 0. The summed E-state index contributed by atoms with van der Waals surface area (Å²) in [5.41, 5.74) is 0.679. The van der Waals surface area contributed by atoms with Crippen LogP contribution in [0.4, 0.5) is 5.82 Å². The lowest BCUT2D eigenvalue weighted by Crippen LogP contribution is -2.36. The van der Waals surface area contributed by atoms with Crippen molar-refractivity contribution in [2.24, 2.45) is 0 Å². The molecule has 0 bridgehead atoms. The molecule has 0 aliphatic carbocycles. The van der Waals surface area contributed by atoms with Crippen molar-refractivity contribution in [2.45, 2.75) is 6.54 Å².